The van der Waals surface area contributed by atoms with Gasteiger partial charge in [-0.1, -0.05) is 0 Å². The number of hydroxylamine groups is 2. The molecule has 1 aromatic heterocycles. The van der Waals surface area contributed by atoms with Crippen molar-refractivity contribution in [2.75, 3.05) is 0 Å². The fraction of sp³-hybridized carbons (Fsp3) is 0.308. The fourth-order valence-corrected chi connectivity index (χ4v) is 1.69. The fourth-order valence-electron chi connectivity index (χ4n) is 1.69. The number of carbonyl (C=O) groups excluding carboxylic acids is 4. The summed E-state index contributed by atoms with van der Waals surface area (Å²) in [7, 11) is 0. The van der Waals surface area contributed by atoms with E-state index in [-0.39, 0.29) is 31.5 Å². The van der Waals surface area contributed by atoms with Crippen molar-refractivity contribution in [1.29, 1.82) is 0 Å². The second kappa shape index (κ2) is 6.05. The van der Waals surface area contributed by atoms with Gasteiger partial charge in [0.25, 0.3) is 11.8 Å². The Labute approximate surface area is 114 Å². The Bertz CT molecular complexity index is 539. The minimum Gasteiger partial charge on any atom is -0.330 e. The highest BCUT2D eigenvalue weighted by molar-refractivity contribution is 6.02. The molecule has 104 valence electrons. The van der Waals surface area contributed by atoms with Crippen LogP contribution < -0.4 is 0 Å². The van der Waals surface area contributed by atoms with Gasteiger partial charge in [0.1, 0.15) is 0 Å². The summed E-state index contributed by atoms with van der Waals surface area (Å²) in [6.45, 7) is 0. The van der Waals surface area contributed by atoms with Crippen LogP contribution in [0.2, 0.25) is 0 Å². The van der Waals surface area contributed by atoms with Crippen molar-refractivity contribution in [3.05, 3.63) is 30.1 Å². The summed E-state index contributed by atoms with van der Waals surface area (Å²) in [5, 5.41) is 0.469. The number of carbonyl (C=O) groups is 4. The van der Waals surface area contributed by atoms with Crippen LogP contribution in [-0.4, -0.2) is 33.6 Å². The van der Waals surface area contributed by atoms with Crippen molar-refractivity contribution < 1.29 is 24.0 Å². The number of imide groups is 1. The SMILES string of the molecule is O=C(CCC(=O)c1cccnc1)ON1C(=O)CCC1=O. The average Bonchev–Trinajstić information content (AvgIpc) is 2.77. The molecule has 1 aliphatic rings. The van der Waals surface area contributed by atoms with E-state index < -0.39 is 17.8 Å². The van der Waals surface area contributed by atoms with Gasteiger partial charge in [-0.15, -0.1) is 5.06 Å². The van der Waals surface area contributed by atoms with E-state index in [0.717, 1.165) is 0 Å². The highest BCUT2D eigenvalue weighted by Crippen LogP contribution is 2.13. The zero-order valence-electron chi connectivity index (χ0n) is 10.6. The smallest absolute Gasteiger partial charge is 0.330 e. The third kappa shape index (κ3) is 3.25. The molecule has 2 amide bonds. The maximum atomic E-state index is 11.7. The summed E-state index contributed by atoms with van der Waals surface area (Å²) in [6.07, 6.45) is 2.75. The van der Waals surface area contributed by atoms with E-state index in [2.05, 4.69) is 9.82 Å². The minimum absolute atomic E-state index is 0.0424. The molecule has 0 N–H and O–H groups in total. The molecule has 1 aromatic rings. The van der Waals surface area contributed by atoms with Gasteiger partial charge >= 0.3 is 5.97 Å². The predicted molar refractivity (Wildman–Crippen MR) is 65.0 cm³/mol. The standard InChI is InChI=1S/C13H12N2O5/c16-10(9-2-1-7-14-8-9)3-6-13(19)20-15-11(17)4-5-12(15)18/h1-2,7-8H,3-6H2. The monoisotopic (exact) mass is 276 g/mol. The summed E-state index contributed by atoms with van der Waals surface area (Å²) in [6, 6.07) is 3.21. The first kappa shape index (κ1) is 13.9. The van der Waals surface area contributed by atoms with Gasteiger partial charge in [-0.25, -0.2) is 4.79 Å². The molecule has 1 fully saturated rings. The number of rotatable bonds is 5. The summed E-state index contributed by atoms with van der Waals surface area (Å²) in [4.78, 5) is 54.1. The van der Waals surface area contributed by atoms with Crippen LogP contribution in [0.15, 0.2) is 24.5 Å². The van der Waals surface area contributed by atoms with Crippen LogP contribution in [0.3, 0.4) is 0 Å². The van der Waals surface area contributed by atoms with Crippen LogP contribution in [0.25, 0.3) is 0 Å². The number of Topliss-reactive ketones (excluding diaryl/α,β-unsaturated/α-hetero) is 1. The average molecular weight is 276 g/mol. The first-order valence-electron chi connectivity index (χ1n) is 6.08. The summed E-state index contributed by atoms with van der Waals surface area (Å²) < 4.78 is 0. The molecule has 7 heteroatoms. The molecular weight excluding hydrogens is 264 g/mol. The van der Waals surface area contributed by atoms with Gasteiger partial charge in [-0.05, 0) is 12.1 Å². The lowest BCUT2D eigenvalue weighted by atomic mass is 10.1. The third-order valence-corrected chi connectivity index (χ3v) is 2.74. The molecule has 7 nitrogen and oxygen atoms in total. The molecular formula is C13H12N2O5. The minimum atomic E-state index is -0.786. The Morgan fingerprint density at radius 1 is 1.20 bits per heavy atom. The topological polar surface area (TPSA) is 93.6 Å². The Morgan fingerprint density at radius 2 is 1.90 bits per heavy atom. The molecule has 2 heterocycles. The van der Waals surface area contributed by atoms with Crippen molar-refractivity contribution >= 4 is 23.6 Å². The van der Waals surface area contributed by atoms with Crippen LogP contribution in [0, 0.1) is 0 Å². The Balaban J connectivity index is 1.82. The first-order chi connectivity index (χ1) is 9.58. The van der Waals surface area contributed by atoms with Gasteiger partial charge in [-0.3, -0.25) is 19.4 Å². The van der Waals surface area contributed by atoms with Gasteiger partial charge in [0.05, 0.1) is 6.42 Å². The highest BCUT2D eigenvalue weighted by Gasteiger charge is 2.32. The van der Waals surface area contributed by atoms with E-state index in [0.29, 0.717) is 10.6 Å². The van der Waals surface area contributed by atoms with Gasteiger partial charge in [0, 0.05) is 37.2 Å². The Kier molecular flexibility index (Phi) is 4.19. The van der Waals surface area contributed by atoms with Crippen LogP contribution >= 0.6 is 0 Å². The highest BCUT2D eigenvalue weighted by atomic mass is 16.7. The van der Waals surface area contributed by atoms with Crippen molar-refractivity contribution in [3.8, 4) is 0 Å². The summed E-state index contributed by atoms with van der Waals surface area (Å²) in [5.41, 5.74) is 0.397. The second-order valence-electron chi connectivity index (χ2n) is 4.21. The number of hydrogen-bond donors (Lipinski definition) is 0. The zero-order valence-corrected chi connectivity index (χ0v) is 10.6. The molecule has 1 aliphatic heterocycles. The number of aromatic nitrogens is 1. The number of hydrogen-bond acceptors (Lipinski definition) is 6. The molecule has 2 rings (SSSR count). The van der Waals surface area contributed by atoms with E-state index in [1.165, 1.54) is 12.4 Å². The van der Waals surface area contributed by atoms with Gasteiger partial charge < -0.3 is 4.84 Å². The normalized spacial score (nSPS) is 14.5. The van der Waals surface area contributed by atoms with Crippen molar-refractivity contribution in [2.24, 2.45) is 0 Å². The van der Waals surface area contributed by atoms with Gasteiger partial charge in [0.2, 0.25) is 0 Å². The molecule has 0 spiro atoms. The number of pyridine rings is 1. The Morgan fingerprint density at radius 3 is 2.50 bits per heavy atom. The Hall–Kier alpha value is -2.57. The van der Waals surface area contributed by atoms with Crippen molar-refractivity contribution in [3.63, 3.8) is 0 Å². The largest absolute Gasteiger partial charge is 0.333 e. The molecule has 0 atom stereocenters. The maximum Gasteiger partial charge on any atom is 0.333 e. The molecule has 0 aliphatic carbocycles. The molecule has 1 saturated heterocycles. The molecule has 20 heavy (non-hydrogen) atoms. The van der Waals surface area contributed by atoms with E-state index in [9.17, 15) is 19.2 Å². The van der Waals surface area contributed by atoms with Crippen molar-refractivity contribution in [2.45, 2.75) is 25.7 Å². The lowest BCUT2D eigenvalue weighted by Gasteiger charge is -2.12. The third-order valence-electron chi connectivity index (χ3n) is 2.74. The van der Waals surface area contributed by atoms with E-state index in [1.54, 1.807) is 12.1 Å². The number of amides is 2. The number of nitrogens with zero attached hydrogens (tertiary/aromatic N) is 2. The molecule has 0 unspecified atom stereocenters. The number of ketones is 1. The quantitative estimate of drug-likeness (QED) is 0.579. The van der Waals surface area contributed by atoms with E-state index >= 15 is 0 Å². The van der Waals surface area contributed by atoms with Crippen LogP contribution in [0.4, 0.5) is 0 Å². The molecule has 0 radical (unpaired) electrons. The lowest BCUT2D eigenvalue weighted by molar-refractivity contribution is -0.197. The summed E-state index contributed by atoms with van der Waals surface area (Å²) in [5.74, 6) is -2.12. The lowest BCUT2D eigenvalue weighted by Crippen LogP contribution is -2.32. The van der Waals surface area contributed by atoms with Crippen LogP contribution in [0.1, 0.15) is 36.0 Å². The summed E-state index contributed by atoms with van der Waals surface area (Å²) >= 11 is 0. The van der Waals surface area contributed by atoms with Gasteiger partial charge in [0.15, 0.2) is 5.78 Å². The van der Waals surface area contributed by atoms with Crippen LogP contribution in [0.5, 0.6) is 0 Å². The maximum absolute atomic E-state index is 11.7. The van der Waals surface area contributed by atoms with Crippen molar-refractivity contribution in [1.82, 2.24) is 10.0 Å². The molecule has 0 saturated carbocycles. The second-order valence-corrected chi connectivity index (χ2v) is 4.21. The predicted octanol–water partition coefficient (Wildman–Crippen LogP) is 0.652. The van der Waals surface area contributed by atoms with E-state index in [1.807, 2.05) is 0 Å². The van der Waals surface area contributed by atoms with E-state index in [4.69, 9.17) is 0 Å². The molecule has 0 bridgehead atoms. The van der Waals surface area contributed by atoms with Crippen LogP contribution in [-0.2, 0) is 19.2 Å². The van der Waals surface area contributed by atoms with Gasteiger partial charge in [-0.2, -0.15) is 0 Å². The zero-order chi connectivity index (χ0) is 14.5. The molecule has 0 aromatic carbocycles. The first-order valence-corrected chi connectivity index (χ1v) is 6.08.